The molecule has 0 nitrogen and oxygen atoms in total. The lowest BCUT2D eigenvalue weighted by molar-refractivity contribution is 0.560. The number of hydrogen-bond donors (Lipinski definition) is 0. The molecule has 238 valence electrons. The van der Waals surface area contributed by atoms with Gasteiger partial charge < -0.3 is 0 Å². The zero-order valence-electron chi connectivity index (χ0n) is 31.3. The van der Waals surface area contributed by atoms with E-state index < -0.39 is 5.41 Å². The number of benzene rings is 4. The SMILES string of the molecule is Cc1cc2c(cc1C)C(c1cc(C(C)(C)C)cc(C(C)(C)C)c1)(c1cc(C(C)(C)C)cc(C(C)(C)C)c1)c1cc(C)c(C)cc1-2. The Hall–Kier alpha value is -3.12. The fourth-order valence-electron chi connectivity index (χ4n) is 7.05. The van der Waals surface area contributed by atoms with Crippen LogP contribution in [0.2, 0.25) is 0 Å². The van der Waals surface area contributed by atoms with Crippen molar-refractivity contribution in [1.29, 1.82) is 0 Å². The molecule has 0 radical (unpaired) electrons. The van der Waals surface area contributed by atoms with Gasteiger partial charge in [0.05, 0.1) is 5.41 Å². The van der Waals surface area contributed by atoms with Crippen LogP contribution >= 0.6 is 0 Å². The zero-order chi connectivity index (χ0) is 33.7. The van der Waals surface area contributed by atoms with Crippen LogP contribution in [-0.4, -0.2) is 0 Å². The van der Waals surface area contributed by atoms with Gasteiger partial charge in [-0.05, 0) is 127 Å². The molecule has 0 aromatic heterocycles. The van der Waals surface area contributed by atoms with Crippen LogP contribution in [0.5, 0.6) is 0 Å². The summed E-state index contributed by atoms with van der Waals surface area (Å²) in [6.45, 7) is 37.5. The fraction of sp³-hybridized carbons (Fsp3) is 0.467. The van der Waals surface area contributed by atoms with E-state index in [0.29, 0.717) is 0 Å². The predicted octanol–water partition coefficient (Wildman–Crippen LogP) is 12.5. The Bertz CT molecular complexity index is 1600. The number of rotatable bonds is 2. The summed E-state index contributed by atoms with van der Waals surface area (Å²) < 4.78 is 0. The van der Waals surface area contributed by atoms with Gasteiger partial charge in [-0.2, -0.15) is 0 Å². The Balaban J connectivity index is 2.11. The van der Waals surface area contributed by atoms with E-state index >= 15 is 0 Å². The van der Waals surface area contributed by atoms with E-state index in [9.17, 15) is 0 Å². The molecule has 4 aromatic carbocycles. The van der Waals surface area contributed by atoms with Crippen molar-refractivity contribution in [3.8, 4) is 11.1 Å². The van der Waals surface area contributed by atoms with E-state index in [0.717, 1.165) is 0 Å². The third-order valence-corrected chi connectivity index (χ3v) is 10.6. The van der Waals surface area contributed by atoms with Crippen LogP contribution < -0.4 is 0 Å². The number of hydrogen-bond acceptors (Lipinski definition) is 0. The van der Waals surface area contributed by atoms with E-state index in [1.807, 2.05) is 0 Å². The van der Waals surface area contributed by atoms with Gasteiger partial charge in [0.2, 0.25) is 0 Å². The molecule has 0 unspecified atom stereocenters. The van der Waals surface area contributed by atoms with Crippen LogP contribution in [0.25, 0.3) is 11.1 Å². The highest BCUT2D eigenvalue weighted by molar-refractivity contribution is 5.88. The smallest absolute Gasteiger partial charge is 0.0561 e. The molecule has 45 heavy (non-hydrogen) atoms. The van der Waals surface area contributed by atoms with E-state index in [1.165, 1.54) is 77.9 Å². The van der Waals surface area contributed by atoms with Crippen molar-refractivity contribution in [3.63, 3.8) is 0 Å². The van der Waals surface area contributed by atoms with Crippen molar-refractivity contribution in [2.45, 2.75) is 138 Å². The van der Waals surface area contributed by atoms with Crippen molar-refractivity contribution in [1.82, 2.24) is 0 Å². The molecule has 1 aliphatic rings. The quantitative estimate of drug-likeness (QED) is 0.190. The standard InChI is InChI=1S/C45H58/c1-27-17-37-38-18-28(2)30(4)20-40(38)45(39(37)19-29(27)3,35-23-31(41(5,6)7)21-32(24-35)42(8,9)10)36-25-33(43(11,12)13)22-34(26-36)44(14,15)16/h17-26H,1-16H3. The zero-order valence-corrected chi connectivity index (χ0v) is 31.3. The minimum Gasteiger partial charge on any atom is -0.0561 e. The Labute approximate surface area is 275 Å². The lowest BCUT2D eigenvalue weighted by Crippen LogP contribution is -2.32. The highest BCUT2D eigenvalue weighted by Crippen LogP contribution is 2.58. The molecular weight excluding hydrogens is 540 g/mol. The topological polar surface area (TPSA) is 0 Å². The summed E-state index contributed by atoms with van der Waals surface area (Å²) in [5, 5.41) is 0. The van der Waals surface area contributed by atoms with Crippen LogP contribution in [0.15, 0.2) is 60.7 Å². The Morgan fingerprint density at radius 1 is 0.333 bits per heavy atom. The largest absolute Gasteiger partial charge is 0.0714 e. The van der Waals surface area contributed by atoms with Gasteiger partial charge in [-0.3, -0.25) is 0 Å². The lowest BCUT2D eigenvalue weighted by Gasteiger charge is -2.39. The van der Waals surface area contributed by atoms with Gasteiger partial charge in [-0.15, -0.1) is 0 Å². The van der Waals surface area contributed by atoms with Gasteiger partial charge in [0.25, 0.3) is 0 Å². The van der Waals surface area contributed by atoms with Gasteiger partial charge in [0, 0.05) is 0 Å². The molecule has 0 saturated heterocycles. The Morgan fingerprint density at radius 3 is 0.822 bits per heavy atom. The van der Waals surface area contributed by atoms with E-state index in [2.05, 4.69) is 171 Å². The van der Waals surface area contributed by atoms with Gasteiger partial charge >= 0.3 is 0 Å². The van der Waals surface area contributed by atoms with Crippen molar-refractivity contribution >= 4 is 0 Å². The summed E-state index contributed by atoms with van der Waals surface area (Å²) in [5.74, 6) is 0. The third-order valence-electron chi connectivity index (χ3n) is 10.6. The highest BCUT2D eigenvalue weighted by Gasteiger charge is 2.48. The summed E-state index contributed by atoms with van der Waals surface area (Å²) in [5.41, 5.74) is 19.0. The monoisotopic (exact) mass is 598 g/mol. The second-order valence-corrected chi connectivity index (χ2v) is 18.3. The van der Waals surface area contributed by atoms with E-state index in [4.69, 9.17) is 0 Å². The molecule has 0 aliphatic heterocycles. The second kappa shape index (κ2) is 10.4. The minimum absolute atomic E-state index is 0.0116. The van der Waals surface area contributed by atoms with Crippen LogP contribution in [0.1, 0.15) is 150 Å². The molecule has 1 aliphatic carbocycles. The van der Waals surface area contributed by atoms with Crippen molar-refractivity contribution in [2.24, 2.45) is 0 Å². The summed E-state index contributed by atoms with van der Waals surface area (Å²) in [7, 11) is 0. The van der Waals surface area contributed by atoms with E-state index in [1.54, 1.807) is 0 Å². The summed E-state index contributed by atoms with van der Waals surface area (Å²) in [6, 6.07) is 25.2. The fourth-order valence-corrected chi connectivity index (χ4v) is 7.05. The summed E-state index contributed by atoms with van der Waals surface area (Å²) in [6.07, 6.45) is 0. The first-order chi connectivity index (χ1) is 20.5. The second-order valence-electron chi connectivity index (χ2n) is 18.3. The molecule has 0 heteroatoms. The number of aryl methyl sites for hydroxylation is 4. The first-order valence-corrected chi connectivity index (χ1v) is 17.0. The molecule has 0 atom stereocenters. The molecule has 0 amide bonds. The third kappa shape index (κ3) is 5.62. The average Bonchev–Trinajstić information content (AvgIpc) is 3.15. The molecular formula is C45H58. The van der Waals surface area contributed by atoms with Crippen LogP contribution in [-0.2, 0) is 27.1 Å². The van der Waals surface area contributed by atoms with Crippen LogP contribution in [0.3, 0.4) is 0 Å². The molecule has 0 fully saturated rings. The minimum atomic E-state index is -0.454. The molecule has 4 aromatic rings. The predicted molar refractivity (Wildman–Crippen MR) is 197 cm³/mol. The van der Waals surface area contributed by atoms with Crippen LogP contribution in [0.4, 0.5) is 0 Å². The average molecular weight is 599 g/mol. The molecule has 5 rings (SSSR count). The number of fused-ring (bicyclic) bond motifs is 3. The van der Waals surface area contributed by atoms with Crippen molar-refractivity contribution in [2.75, 3.05) is 0 Å². The molecule has 0 heterocycles. The van der Waals surface area contributed by atoms with Crippen molar-refractivity contribution in [3.05, 3.63) is 127 Å². The lowest BCUT2D eigenvalue weighted by atomic mass is 9.63. The molecule has 0 spiro atoms. The Kier molecular flexibility index (Phi) is 7.72. The van der Waals surface area contributed by atoms with Crippen LogP contribution in [0, 0.1) is 27.7 Å². The summed E-state index contributed by atoms with van der Waals surface area (Å²) in [4.78, 5) is 0. The normalized spacial score (nSPS) is 14.8. The van der Waals surface area contributed by atoms with Gasteiger partial charge in [0.1, 0.15) is 0 Å². The maximum Gasteiger partial charge on any atom is 0.0714 e. The van der Waals surface area contributed by atoms with Gasteiger partial charge in [-0.1, -0.05) is 144 Å². The summed E-state index contributed by atoms with van der Waals surface area (Å²) >= 11 is 0. The maximum absolute atomic E-state index is 2.55. The molecule has 0 N–H and O–H groups in total. The van der Waals surface area contributed by atoms with Crippen molar-refractivity contribution < 1.29 is 0 Å². The molecule has 0 saturated carbocycles. The van der Waals surface area contributed by atoms with E-state index in [-0.39, 0.29) is 21.7 Å². The Morgan fingerprint density at radius 2 is 0.578 bits per heavy atom. The van der Waals surface area contributed by atoms with Gasteiger partial charge in [-0.25, -0.2) is 0 Å². The molecule has 0 bridgehead atoms. The highest BCUT2D eigenvalue weighted by atomic mass is 14.5. The van der Waals surface area contributed by atoms with Gasteiger partial charge in [0.15, 0.2) is 0 Å². The first-order valence-electron chi connectivity index (χ1n) is 17.0. The first kappa shape index (κ1) is 33.2. The maximum atomic E-state index is 2.55.